The zero-order valence-electron chi connectivity index (χ0n) is 18.4. The van der Waals surface area contributed by atoms with Crippen LogP contribution in [0.25, 0.3) is 0 Å². The quantitative estimate of drug-likeness (QED) is 0.588. The highest BCUT2D eigenvalue weighted by atomic mass is 35.5. The van der Waals surface area contributed by atoms with Crippen molar-refractivity contribution in [2.75, 3.05) is 6.54 Å². The van der Waals surface area contributed by atoms with Crippen LogP contribution in [-0.4, -0.2) is 39.4 Å². The third-order valence-electron chi connectivity index (χ3n) is 5.66. The van der Waals surface area contributed by atoms with Crippen molar-refractivity contribution in [3.05, 3.63) is 64.7 Å². The maximum absolute atomic E-state index is 13.1. The van der Waals surface area contributed by atoms with Gasteiger partial charge in [-0.2, -0.15) is 0 Å². The highest BCUT2D eigenvalue weighted by Crippen LogP contribution is 2.37. The van der Waals surface area contributed by atoms with Gasteiger partial charge in [0.1, 0.15) is 11.4 Å². The first-order valence-corrected chi connectivity index (χ1v) is 11.2. The Morgan fingerprint density at radius 2 is 1.94 bits per heavy atom. The largest absolute Gasteiger partial charge is 0.508 e. The number of rotatable bonds is 5. The summed E-state index contributed by atoms with van der Waals surface area (Å²) in [6, 6.07) is 14.3. The average molecular weight is 446 g/mol. The van der Waals surface area contributed by atoms with Crippen LogP contribution in [0.1, 0.15) is 69.6 Å². The van der Waals surface area contributed by atoms with E-state index in [2.05, 4.69) is 0 Å². The topological polar surface area (TPSA) is 70.0 Å². The van der Waals surface area contributed by atoms with Crippen LogP contribution in [0.5, 0.6) is 5.75 Å². The summed E-state index contributed by atoms with van der Waals surface area (Å²) in [5, 5.41) is 21.3. The summed E-state index contributed by atoms with van der Waals surface area (Å²) in [6.07, 6.45) is 2.26. The summed E-state index contributed by atoms with van der Waals surface area (Å²) in [4.78, 5) is 14.8. The lowest BCUT2D eigenvalue weighted by atomic mass is 9.80. The zero-order chi connectivity index (χ0) is 22.6. The average Bonchev–Trinajstić information content (AvgIpc) is 2.70. The molecule has 1 aliphatic carbocycles. The molecule has 0 spiro atoms. The molecular formula is C25H32ClNO4. The minimum atomic E-state index is -0.868. The van der Waals surface area contributed by atoms with Gasteiger partial charge in [-0.25, -0.2) is 4.79 Å². The van der Waals surface area contributed by atoms with Crippen LogP contribution in [0, 0.1) is 0 Å². The third kappa shape index (κ3) is 6.62. The third-order valence-corrected chi connectivity index (χ3v) is 5.90. The fourth-order valence-corrected chi connectivity index (χ4v) is 4.43. The van der Waals surface area contributed by atoms with Gasteiger partial charge in [-0.3, -0.25) is 0 Å². The SMILES string of the molecule is CC(C)(C)OC(=O)N(C[C@H](O)c1cccc(Cl)c1)[C@H]1CCC[C@H](c2cccc(O)c2)C1. The predicted octanol–water partition coefficient (Wildman–Crippen LogP) is 6.04. The summed E-state index contributed by atoms with van der Waals surface area (Å²) in [5.41, 5.74) is 1.11. The molecule has 168 valence electrons. The Balaban J connectivity index is 1.81. The van der Waals surface area contributed by atoms with Crippen molar-refractivity contribution < 1.29 is 19.7 Å². The van der Waals surface area contributed by atoms with Crippen molar-refractivity contribution in [1.29, 1.82) is 0 Å². The van der Waals surface area contributed by atoms with E-state index in [0.717, 1.165) is 31.2 Å². The fourth-order valence-electron chi connectivity index (χ4n) is 4.23. The minimum Gasteiger partial charge on any atom is -0.508 e. The number of nitrogens with zero attached hydrogens (tertiary/aromatic N) is 1. The smallest absolute Gasteiger partial charge is 0.410 e. The van der Waals surface area contributed by atoms with Crippen molar-refractivity contribution >= 4 is 17.7 Å². The Morgan fingerprint density at radius 3 is 2.61 bits per heavy atom. The number of halogens is 1. The second kappa shape index (κ2) is 9.92. The highest BCUT2D eigenvalue weighted by molar-refractivity contribution is 6.30. The molecule has 1 amide bonds. The standard InChI is InChI=1S/C25H32ClNO4/c1-25(2,3)31-24(30)27(16-23(29)19-9-4-10-20(26)13-19)21-11-5-7-17(14-21)18-8-6-12-22(28)15-18/h4,6,8-10,12-13,15,17,21,23,28-29H,5,7,11,14,16H2,1-3H3/t17-,21-,23-/m0/s1. The van der Waals surface area contributed by atoms with E-state index < -0.39 is 17.8 Å². The molecule has 0 radical (unpaired) electrons. The molecule has 1 fully saturated rings. The van der Waals surface area contributed by atoms with Gasteiger partial charge in [-0.05, 0) is 81.3 Å². The van der Waals surface area contributed by atoms with Crippen molar-refractivity contribution in [1.82, 2.24) is 4.90 Å². The Bertz CT molecular complexity index is 895. The summed E-state index contributed by atoms with van der Waals surface area (Å²) in [7, 11) is 0. The lowest BCUT2D eigenvalue weighted by Gasteiger charge is -2.39. The van der Waals surface area contributed by atoms with Crippen LogP contribution in [0.4, 0.5) is 4.79 Å². The predicted molar refractivity (Wildman–Crippen MR) is 122 cm³/mol. The number of carbonyl (C=O) groups is 1. The second-order valence-corrected chi connectivity index (χ2v) is 9.75. The molecule has 0 aromatic heterocycles. The number of hydrogen-bond donors (Lipinski definition) is 2. The summed E-state index contributed by atoms with van der Waals surface area (Å²) in [5.74, 6) is 0.485. The number of aliphatic hydroxyl groups is 1. The highest BCUT2D eigenvalue weighted by Gasteiger charge is 2.34. The molecule has 31 heavy (non-hydrogen) atoms. The maximum atomic E-state index is 13.1. The fraction of sp³-hybridized carbons (Fsp3) is 0.480. The summed E-state index contributed by atoms with van der Waals surface area (Å²) < 4.78 is 5.68. The van der Waals surface area contributed by atoms with Crippen molar-refractivity contribution in [3.63, 3.8) is 0 Å². The molecule has 0 unspecified atom stereocenters. The van der Waals surface area contributed by atoms with E-state index in [9.17, 15) is 15.0 Å². The number of aliphatic hydroxyl groups excluding tert-OH is 1. The van der Waals surface area contributed by atoms with Gasteiger partial charge >= 0.3 is 6.09 Å². The van der Waals surface area contributed by atoms with Crippen LogP contribution >= 0.6 is 11.6 Å². The molecule has 3 rings (SSSR count). The normalized spacial score (nSPS) is 20.2. The molecule has 0 saturated heterocycles. The zero-order valence-corrected chi connectivity index (χ0v) is 19.2. The molecule has 0 heterocycles. The van der Waals surface area contributed by atoms with Gasteiger partial charge < -0.3 is 19.8 Å². The molecule has 6 heteroatoms. The van der Waals surface area contributed by atoms with Crippen LogP contribution in [0.15, 0.2) is 48.5 Å². The molecule has 5 nitrogen and oxygen atoms in total. The van der Waals surface area contributed by atoms with E-state index in [1.54, 1.807) is 41.3 Å². The Kier molecular flexibility index (Phi) is 7.50. The van der Waals surface area contributed by atoms with Crippen LogP contribution in [0.3, 0.4) is 0 Å². The number of aromatic hydroxyl groups is 1. The molecule has 0 aliphatic heterocycles. The van der Waals surface area contributed by atoms with E-state index in [1.807, 2.05) is 32.9 Å². The second-order valence-electron chi connectivity index (χ2n) is 9.32. The molecule has 0 bridgehead atoms. The first kappa shape index (κ1) is 23.4. The van der Waals surface area contributed by atoms with Gasteiger partial charge in [-0.1, -0.05) is 42.3 Å². The van der Waals surface area contributed by atoms with Crippen LogP contribution in [0.2, 0.25) is 5.02 Å². The lowest BCUT2D eigenvalue weighted by molar-refractivity contribution is -0.00187. The number of ether oxygens (including phenoxy) is 1. The van der Waals surface area contributed by atoms with E-state index >= 15 is 0 Å². The Hall–Kier alpha value is -2.24. The minimum absolute atomic E-state index is 0.0650. The number of benzene rings is 2. The van der Waals surface area contributed by atoms with E-state index in [-0.39, 0.29) is 24.3 Å². The van der Waals surface area contributed by atoms with Crippen LogP contribution < -0.4 is 0 Å². The first-order chi connectivity index (χ1) is 14.6. The summed E-state index contributed by atoms with van der Waals surface area (Å²) in [6.45, 7) is 5.65. The van der Waals surface area contributed by atoms with Gasteiger partial charge in [0.15, 0.2) is 0 Å². The van der Waals surface area contributed by atoms with Crippen molar-refractivity contribution in [2.45, 2.75) is 70.1 Å². The van der Waals surface area contributed by atoms with Gasteiger partial charge in [-0.15, -0.1) is 0 Å². The molecular weight excluding hydrogens is 414 g/mol. The Morgan fingerprint density at radius 1 is 1.19 bits per heavy atom. The van der Waals surface area contributed by atoms with Gasteiger partial charge in [0, 0.05) is 11.1 Å². The van der Waals surface area contributed by atoms with Gasteiger partial charge in [0.05, 0.1) is 12.6 Å². The molecule has 3 atom stereocenters. The molecule has 2 aromatic carbocycles. The number of phenolic OH excluding ortho intramolecular Hbond substituents is 1. The molecule has 2 aromatic rings. The molecule has 1 aliphatic rings. The van der Waals surface area contributed by atoms with E-state index in [0.29, 0.717) is 10.6 Å². The monoisotopic (exact) mass is 445 g/mol. The van der Waals surface area contributed by atoms with Crippen LogP contribution in [-0.2, 0) is 4.74 Å². The Labute approximate surface area is 189 Å². The molecule has 1 saturated carbocycles. The van der Waals surface area contributed by atoms with E-state index in [4.69, 9.17) is 16.3 Å². The number of carbonyl (C=O) groups excluding carboxylic acids is 1. The number of hydrogen-bond acceptors (Lipinski definition) is 4. The van der Waals surface area contributed by atoms with E-state index in [1.165, 1.54) is 0 Å². The first-order valence-electron chi connectivity index (χ1n) is 10.8. The number of amides is 1. The van der Waals surface area contributed by atoms with Crippen molar-refractivity contribution in [2.24, 2.45) is 0 Å². The van der Waals surface area contributed by atoms with Gasteiger partial charge in [0.25, 0.3) is 0 Å². The number of phenols is 1. The van der Waals surface area contributed by atoms with Gasteiger partial charge in [0.2, 0.25) is 0 Å². The maximum Gasteiger partial charge on any atom is 0.410 e. The molecule has 2 N–H and O–H groups in total. The summed E-state index contributed by atoms with van der Waals surface area (Å²) >= 11 is 6.09. The van der Waals surface area contributed by atoms with Crippen molar-refractivity contribution in [3.8, 4) is 5.75 Å². The lowest BCUT2D eigenvalue weighted by Crippen LogP contribution is -2.47.